The Morgan fingerprint density at radius 2 is 1.65 bits per heavy atom. The molecule has 2 aromatic carbocycles. The van der Waals surface area contributed by atoms with Crippen molar-refractivity contribution in [3.05, 3.63) is 59.7 Å². The number of hydrogen-bond acceptors (Lipinski definition) is 4. The first-order valence-corrected chi connectivity index (χ1v) is 8.69. The van der Waals surface area contributed by atoms with Crippen LogP contribution in [0.5, 0.6) is 11.5 Å². The fourth-order valence-electron chi connectivity index (χ4n) is 2.59. The third kappa shape index (κ3) is 6.24. The molecule has 0 radical (unpaired) electrons. The van der Waals surface area contributed by atoms with Gasteiger partial charge in [-0.2, -0.15) is 0 Å². The van der Waals surface area contributed by atoms with Gasteiger partial charge >= 0.3 is 0 Å². The van der Waals surface area contributed by atoms with Crippen LogP contribution in [0.1, 0.15) is 35.2 Å². The highest BCUT2D eigenvalue weighted by Gasteiger charge is 2.08. The summed E-state index contributed by atoms with van der Waals surface area (Å²) in [5.74, 6) is 1.54. The van der Waals surface area contributed by atoms with E-state index < -0.39 is 0 Å². The fourth-order valence-corrected chi connectivity index (χ4v) is 2.59. The standard InChI is InChI=1S/C21H25NO4/c1-25-18-11-9-17(10-12-18)20(23)7-4-8-21(24)22-14-13-16-5-3-6-19(15-16)26-2/h3,5-6,9-12,15H,4,7-8,13-14H2,1-2H3,(H,22,24). The maximum atomic E-state index is 12.1. The lowest BCUT2D eigenvalue weighted by Gasteiger charge is -2.07. The van der Waals surface area contributed by atoms with Gasteiger partial charge in [0.25, 0.3) is 0 Å². The first kappa shape index (κ1) is 19.5. The maximum Gasteiger partial charge on any atom is 0.220 e. The minimum absolute atomic E-state index is 0.0320. The molecule has 138 valence electrons. The second kappa shape index (κ2) is 10.2. The third-order valence-corrected chi connectivity index (χ3v) is 4.09. The molecule has 0 bridgehead atoms. The van der Waals surface area contributed by atoms with E-state index in [9.17, 15) is 9.59 Å². The molecule has 0 atom stereocenters. The number of amides is 1. The SMILES string of the molecule is COc1ccc(C(=O)CCCC(=O)NCCc2cccc(OC)c2)cc1. The van der Waals surface area contributed by atoms with Crippen molar-refractivity contribution < 1.29 is 19.1 Å². The predicted molar refractivity (Wildman–Crippen MR) is 101 cm³/mol. The Kier molecular flexibility index (Phi) is 7.68. The summed E-state index contributed by atoms with van der Waals surface area (Å²) in [7, 11) is 3.22. The molecule has 0 aromatic heterocycles. The molecule has 0 aliphatic carbocycles. The quantitative estimate of drug-likeness (QED) is 0.663. The predicted octanol–water partition coefficient (Wildman–Crippen LogP) is 3.42. The molecule has 0 heterocycles. The van der Waals surface area contributed by atoms with E-state index >= 15 is 0 Å². The number of carbonyl (C=O) groups excluding carboxylic acids is 2. The number of carbonyl (C=O) groups is 2. The second-order valence-electron chi connectivity index (χ2n) is 5.96. The van der Waals surface area contributed by atoms with Crippen molar-refractivity contribution in [3.63, 3.8) is 0 Å². The average molecular weight is 355 g/mol. The maximum absolute atomic E-state index is 12.1. The van der Waals surface area contributed by atoms with Gasteiger partial charge < -0.3 is 14.8 Å². The Morgan fingerprint density at radius 3 is 2.35 bits per heavy atom. The third-order valence-electron chi connectivity index (χ3n) is 4.09. The summed E-state index contributed by atoms with van der Waals surface area (Å²) in [6.07, 6.45) is 1.99. The first-order valence-electron chi connectivity index (χ1n) is 8.69. The van der Waals surface area contributed by atoms with Gasteiger partial charge in [-0.3, -0.25) is 9.59 Å². The zero-order chi connectivity index (χ0) is 18.8. The zero-order valence-electron chi connectivity index (χ0n) is 15.3. The van der Waals surface area contributed by atoms with Crippen molar-refractivity contribution in [3.8, 4) is 11.5 Å². The van der Waals surface area contributed by atoms with Gasteiger partial charge in [0.15, 0.2) is 5.78 Å². The van der Waals surface area contributed by atoms with Crippen molar-refractivity contribution in [1.29, 1.82) is 0 Å². The second-order valence-corrected chi connectivity index (χ2v) is 5.96. The van der Waals surface area contributed by atoms with E-state index in [2.05, 4.69) is 5.32 Å². The van der Waals surface area contributed by atoms with Crippen LogP contribution in [-0.4, -0.2) is 32.5 Å². The van der Waals surface area contributed by atoms with Crippen LogP contribution in [-0.2, 0) is 11.2 Å². The van der Waals surface area contributed by atoms with Crippen LogP contribution >= 0.6 is 0 Å². The Labute approximate surface area is 154 Å². The molecule has 0 saturated heterocycles. The minimum atomic E-state index is -0.0320. The number of benzene rings is 2. The van der Waals surface area contributed by atoms with E-state index in [4.69, 9.17) is 9.47 Å². The van der Waals surface area contributed by atoms with Gasteiger partial charge in [0.1, 0.15) is 11.5 Å². The van der Waals surface area contributed by atoms with Gasteiger partial charge in [-0.15, -0.1) is 0 Å². The normalized spacial score (nSPS) is 10.2. The number of hydrogen-bond donors (Lipinski definition) is 1. The highest BCUT2D eigenvalue weighted by Crippen LogP contribution is 2.14. The molecule has 0 spiro atoms. The Hall–Kier alpha value is -2.82. The molecule has 1 N–H and O–H groups in total. The molecule has 0 unspecified atom stereocenters. The average Bonchev–Trinajstić information content (AvgIpc) is 2.68. The van der Waals surface area contributed by atoms with E-state index in [-0.39, 0.29) is 11.7 Å². The number of rotatable bonds is 10. The Morgan fingerprint density at radius 1 is 0.923 bits per heavy atom. The molecular weight excluding hydrogens is 330 g/mol. The molecule has 0 saturated carbocycles. The summed E-state index contributed by atoms with van der Waals surface area (Å²) in [6.45, 7) is 0.568. The minimum Gasteiger partial charge on any atom is -0.497 e. The first-order chi connectivity index (χ1) is 12.6. The van der Waals surface area contributed by atoms with Gasteiger partial charge in [-0.25, -0.2) is 0 Å². The smallest absolute Gasteiger partial charge is 0.220 e. The number of Topliss-reactive ketones (excluding diaryl/α,β-unsaturated/α-hetero) is 1. The highest BCUT2D eigenvalue weighted by molar-refractivity contribution is 5.96. The Bertz CT molecular complexity index is 725. The summed E-state index contributed by atoms with van der Waals surface area (Å²) >= 11 is 0. The van der Waals surface area contributed by atoms with Crippen LogP contribution < -0.4 is 14.8 Å². The van der Waals surface area contributed by atoms with Crippen LogP contribution in [0.15, 0.2) is 48.5 Å². The van der Waals surface area contributed by atoms with Gasteiger partial charge in [0.2, 0.25) is 5.91 Å². The van der Waals surface area contributed by atoms with Crippen molar-refractivity contribution in [1.82, 2.24) is 5.32 Å². The number of methoxy groups -OCH3 is 2. The van der Waals surface area contributed by atoms with Crippen LogP contribution in [0, 0.1) is 0 Å². The van der Waals surface area contributed by atoms with Crippen molar-refractivity contribution >= 4 is 11.7 Å². The topological polar surface area (TPSA) is 64.6 Å². The summed E-state index contributed by atoms with van der Waals surface area (Å²) in [5.41, 5.74) is 1.75. The molecular formula is C21H25NO4. The monoisotopic (exact) mass is 355 g/mol. The number of nitrogens with one attached hydrogen (secondary N) is 1. The van der Waals surface area contributed by atoms with Crippen molar-refractivity contribution in [2.45, 2.75) is 25.7 Å². The number of ether oxygens (including phenoxy) is 2. The van der Waals surface area contributed by atoms with Crippen LogP contribution in [0.25, 0.3) is 0 Å². The largest absolute Gasteiger partial charge is 0.497 e. The van der Waals surface area contributed by atoms with Crippen LogP contribution in [0.3, 0.4) is 0 Å². The van der Waals surface area contributed by atoms with E-state index in [0.29, 0.717) is 31.4 Å². The van der Waals surface area contributed by atoms with Crippen molar-refractivity contribution in [2.75, 3.05) is 20.8 Å². The molecule has 0 fully saturated rings. The van der Waals surface area contributed by atoms with Gasteiger partial charge in [0, 0.05) is 24.9 Å². The van der Waals surface area contributed by atoms with Gasteiger partial charge in [-0.1, -0.05) is 12.1 Å². The van der Waals surface area contributed by atoms with Gasteiger partial charge in [-0.05, 0) is 54.8 Å². The molecule has 2 rings (SSSR count). The summed E-state index contributed by atoms with van der Waals surface area (Å²) in [6, 6.07) is 14.8. The molecule has 26 heavy (non-hydrogen) atoms. The van der Waals surface area contributed by atoms with E-state index in [1.165, 1.54) is 0 Å². The van der Waals surface area contributed by atoms with Gasteiger partial charge in [0.05, 0.1) is 14.2 Å². The van der Waals surface area contributed by atoms with Crippen molar-refractivity contribution in [2.24, 2.45) is 0 Å². The Balaban J connectivity index is 1.65. The van der Waals surface area contributed by atoms with E-state index in [1.807, 2.05) is 24.3 Å². The van der Waals surface area contributed by atoms with Crippen LogP contribution in [0.4, 0.5) is 0 Å². The highest BCUT2D eigenvalue weighted by atomic mass is 16.5. The fraction of sp³-hybridized carbons (Fsp3) is 0.333. The molecule has 5 nitrogen and oxygen atoms in total. The lowest BCUT2D eigenvalue weighted by molar-refractivity contribution is -0.121. The summed E-state index contributed by atoms with van der Waals surface area (Å²) < 4.78 is 10.3. The lowest BCUT2D eigenvalue weighted by Crippen LogP contribution is -2.25. The van der Waals surface area contributed by atoms with Crippen LogP contribution in [0.2, 0.25) is 0 Å². The molecule has 0 aliphatic rings. The van der Waals surface area contributed by atoms with E-state index in [1.54, 1.807) is 38.5 Å². The molecule has 0 aliphatic heterocycles. The molecule has 1 amide bonds. The zero-order valence-corrected chi connectivity index (χ0v) is 15.3. The van der Waals surface area contributed by atoms with E-state index in [0.717, 1.165) is 23.5 Å². The summed E-state index contributed by atoms with van der Waals surface area (Å²) in [5, 5.41) is 2.89. The number of ketones is 1. The molecule has 5 heteroatoms. The molecule has 2 aromatic rings. The summed E-state index contributed by atoms with van der Waals surface area (Å²) in [4.78, 5) is 24.0. The lowest BCUT2D eigenvalue weighted by atomic mass is 10.1.